The number of nitrogens with zero attached hydrogens (tertiary/aromatic N) is 2. The number of allylic oxidation sites excluding steroid dienone is 2. The summed E-state index contributed by atoms with van der Waals surface area (Å²) in [5.74, 6) is 0.608. The summed E-state index contributed by atoms with van der Waals surface area (Å²) < 4.78 is 5.98. The summed E-state index contributed by atoms with van der Waals surface area (Å²) in [5, 5.41) is 3.29. The van der Waals surface area contributed by atoms with Gasteiger partial charge in [0.2, 0.25) is 5.95 Å². The first-order valence-corrected chi connectivity index (χ1v) is 8.23. The van der Waals surface area contributed by atoms with E-state index < -0.39 is 0 Å². The number of ether oxygens (including phenoxy) is 1. The van der Waals surface area contributed by atoms with Gasteiger partial charge in [0, 0.05) is 18.3 Å². The van der Waals surface area contributed by atoms with Crippen LogP contribution >= 0.6 is 0 Å². The number of rotatable bonds is 0. The van der Waals surface area contributed by atoms with Gasteiger partial charge in [0.15, 0.2) is 0 Å². The molecule has 0 radical (unpaired) electrons. The summed E-state index contributed by atoms with van der Waals surface area (Å²) in [5.41, 5.74) is 4.24. The predicted molar refractivity (Wildman–Crippen MR) is 96.9 cm³/mol. The topological polar surface area (TPSA) is 47.0 Å². The van der Waals surface area contributed by atoms with Gasteiger partial charge in [-0.15, -0.1) is 0 Å². The molecule has 1 aliphatic carbocycles. The van der Waals surface area contributed by atoms with Crippen molar-refractivity contribution in [1.29, 1.82) is 0 Å². The summed E-state index contributed by atoms with van der Waals surface area (Å²) in [6.45, 7) is 0.714. The van der Waals surface area contributed by atoms with Crippen LogP contribution in [0.4, 0.5) is 11.6 Å². The van der Waals surface area contributed by atoms with Crippen molar-refractivity contribution in [2.24, 2.45) is 0 Å². The molecule has 2 aromatic rings. The van der Waals surface area contributed by atoms with Crippen molar-refractivity contribution in [3.05, 3.63) is 72.1 Å². The predicted octanol–water partition coefficient (Wildman–Crippen LogP) is 4.37. The lowest BCUT2D eigenvalue weighted by molar-refractivity contribution is 0.0919. The fraction of sp³-hybridized carbons (Fsp3) is 0.200. The lowest BCUT2D eigenvalue weighted by Crippen LogP contribution is -2.14. The summed E-state index contributed by atoms with van der Waals surface area (Å²) in [6, 6.07) is 10.2. The number of hydrogen-bond acceptors (Lipinski definition) is 4. The van der Waals surface area contributed by atoms with Crippen LogP contribution in [-0.4, -0.2) is 22.7 Å². The molecule has 120 valence electrons. The Balaban J connectivity index is 1.71. The molecule has 2 heterocycles. The molecule has 1 aliphatic heterocycles. The van der Waals surface area contributed by atoms with Crippen molar-refractivity contribution in [3.8, 4) is 0 Å². The Morgan fingerprint density at radius 3 is 3.21 bits per heavy atom. The normalized spacial score (nSPS) is 21.0. The number of anilines is 2. The van der Waals surface area contributed by atoms with Gasteiger partial charge in [-0.1, -0.05) is 42.5 Å². The maximum absolute atomic E-state index is 5.98. The molecule has 4 nitrogen and oxygen atoms in total. The Labute approximate surface area is 141 Å². The second-order valence-corrected chi connectivity index (χ2v) is 5.90. The monoisotopic (exact) mass is 317 g/mol. The van der Waals surface area contributed by atoms with Gasteiger partial charge in [0.1, 0.15) is 0 Å². The lowest BCUT2D eigenvalue weighted by atomic mass is 9.99. The molecule has 4 heteroatoms. The third-order valence-electron chi connectivity index (χ3n) is 4.10. The Bertz CT molecular complexity index is 823. The van der Waals surface area contributed by atoms with E-state index in [9.17, 15) is 0 Å². The zero-order valence-electron chi connectivity index (χ0n) is 13.4. The van der Waals surface area contributed by atoms with E-state index in [2.05, 4.69) is 57.8 Å². The molecule has 0 amide bonds. The molecule has 1 aromatic carbocycles. The highest BCUT2D eigenvalue weighted by molar-refractivity contribution is 5.68. The highest BCUT2D eigenvalue weighted by atomic mass is 16.5. The van der Waals surface area contributed by atoms with Crippen molar-refractivity contribution in [1.82, 2.24) is 9.97 Å². The van der Waals surface area contributed by atoms with Crippen LogP contribution in [-0.2, 0) is 4.74 Å². The minimum absolute atomic E-state index is 0.107. The number of nitrogens with one attached hydrogen (secondary N) is 1. The van der Waals surface area contributed by atoms with Crippen LogP contribution in [0.15, 0.2) is 60.8 Å². The molecule has 24 heavy (non-hydrogen) atoms. The third-order valence-corrected chi connectivity index (χ3v) is 4.10. The zero-order valence-corrected chi connectivity index (χ0v) is 13.4. The number of aromatic nitrogens is 2. The zero-order chi connectivity index (χ0) is 16.2. The van der Waals surface area contributed by atoms with Gasteiger partial charge in [-0.2, -0.15) is 0 Å². The first-order valence-electron chi connectivity index (χ1n) is 8.23. The Morgan fingerprint density at radius 2 is 2.21 bits per heavy atom. The van der Waals surface area contributed by atoms with Crippen molar-refractivity contribution in [2.45, 2.75) is 18.9 Å². The van der Waals surface area contributed by atoms with E-state index in [1.54, 1.807) is 6.20 Å². The minimum Gasteiger partial charge on any atom is -0.373 e. The van der Waals surface area contributed by atoms with Gasteiger partial charge >= 0.3 is 0 Å². The van der Waals surface area contributed by atoms with Crippen molar-refractivity contribution in [3.63, 3.8) is 0 Å². The summed E-state index contributed by atoms with van der Waals surface area (Å²) >= 11 is 0. The van der Waals surface area contributed by atoms with E-state index >= 15 is 0 Å². The smallest absolute Gasteiger partial charge is 0.227 e. The molecule has 1 unspecified atom stereocenters. The van der Waals surface area contributed by atoms with E-state index in [1.165, 1.54) is 5.57 Å². The van der Waals surface area contributed by atoms with E-state index in [4.69, 9.17) is 4.74 Å². The van der Waals surface area contributed by atoms with Gasteiger partial charge in [0.25, 0.3) is 0 Å². The minimum atomic E-state index is 0.107. The fourth-order valence-electron chi connectivity index (χ4n) is 2.91. The first-order chi connectivity index (χ1) is 11.9. The molecule has 0 saturated heterocycles. The molecule has 1 N–H and O–H groups in total. The maximum atomic E-state index is 5.98. The molecular formula is C20H19N3O. The molecule has 4 rings (SSSR count). The molecule has 0 fully saturated rings. The first kappa shape index (κ1) is 14.8. The SMILES string of the molecule is C1=CC2CC(=C1)c1ccnc(n1)Nc1cccc(c1)/C=C\CCO2. The quantitative estimate of drug-likeness (QED) is 0.784. The van der Waals surface area contributed by atoms with Crippen LogP contribution in [0.1, 0.15) is 24.1 Å². The Morgan fingerprint density at radius 1 is 1.21 bits per heavy atom. The van der Waals surface area contributed by atoms with Gasteiger partial charge in [-0.25, -0.2) is 9.97 Å². The highest BCUT2D eigenvalue weighted by Gasteiger charge is 2.15. The van der Waals surface area contributed by atoms with Gasteiger partial charge in [-0.3, -0.25) is 0 Å². The number of benzene rings is 1. The Kier molecular flexibility index (Phi) is 4.21. The molecular weight excluding hydrogens is 298 g/mol. The molecule has 2 aliphatic rings. The largest absolute Gasteiger partial charge is 0.373 e. The fourth-order valence-corrected chi connectivity index (χ4v) is 2.91. The van der Waals surface area contributed by atoms with Crippen molar-refractivity contribution >= 4 is 23.3 Å². The van der Waals surface area contributed by atoms with Crippen LogP contribution in [0, 0.1) is 0 Å². The van der Waals surface area contributed by atoms with E-state index in [0.717, 1.165) is 29.8 Å². The maximum Gasteiger partial charge on any atom is 0.227 e. The molecule has 6 bridgehead atoms. The van der Waals surface area contributed by atoms with E-state index in [1.807, 2.05) is 18.2 Å². The molecule has 1 aromatic heterocycles. The standard InChI is InChI=1S/C20H19N3O/c1-2-12-24-18-9-4-7-16(14-18)19-10-11-21-20(23-19)22-17-8-3-6-15(5-1)13-17/h1,3-11,13,18H,2,12,14H2,(H,21,22,23)/b5-1-. The van der Waals surface area contributed by atoms with E-state index in [0.29, 0.717) is 12.6 Å². The molecule has 0 spiro atoms. The van der Waals surface area contributed by atoms with Crippen LogP contribution in [0.5, 0.6) is 0 Å². The van der Waals surface area contributed by atoms with Gasteiger partial charge < -0.3 is 10.1 Å². The Hall–Kier alpha value is -2.72. The van der Waals surface area contributed by atoms with Gasteiger partial charge in [-0.05, 0) is 35.8 Å². The van der Waals surface area contributed by atoms with Crippen molar-refractivity contribution < 1.29 is 4.74 Å². The van der Waals surface area contributed by atoms with Crippen LogP contribution in [0.3, 0.4) is 0 Å². The van der Waals surface area contributed by atoms with E-state index in [-0.39, 0.29) is 6.10 Å². The molecule has 0 saturated carbocycles. The molecule has 1 atom stereocenters. The van der Waals surface area contributed by atoms with Crippen LogP contribution in [0.25, 0.3) is 11.6 Å². The average Bonchev–Trinajstić information content (AvgIpc) is 2.62. The van der Waals surface area contributed by atoms with Crippen LogP contribution < -0.4 is 5.32 Å². The van der Waals surface area contributed by atoms with Crippen molar-refractivity contribution in [2.75, 3.05) is 11.9 Å². The lowest BCUT2D eigenvalue weighted by Gasteiger charge is -2.19. The summed E-state index contributed by atoms with van der Waals surface area (Å²) in [6.07, 6.45) is 14.2. The highest BCUT2D eigenvalue weighted by Crippen LogP contribution is 2.25. The average molecular weight is 317 g/mol. The summed E-state index contributed by atoms with van der Waals surface area (Å²) in [7, 11) is 0. The van der Waals surface area contributed by atoms with Crippen LogP contribution in [0.2, 0.25) is 0 Å². The second-order valence-electron chi connectivity index (χ2n) is 5.90. The van der Waals surface area contributed by atoms with Gasteiger partial charge in [0.05, 0.1) is 18.4 Å². The number of fused-ring (bicyclic) bond motifs is 7. The number of hydrogen-bond donors (Lipinski definition) is 1. The third kappa shape index (κ3) is 3.44. The second kappa shape index (κ2) is 6.81. The summed E-state index contributed by atoms with van der Waals surface area (Å²) in [4.78, 5) is 9.00.